The summed E-state index contributed by atoms with van der Waals surface area (Å²) in [5, 5.41) is 0. The molecule has 1 rings (SSSR count). The highest BCUT2D eigenvalue weighted by molar-refractivity contribution is 7.09. The predicted molar refractivity (Wildman–Crippen MR) is 46.3 cm³/mol. The normalized spacial score (nSPS) is 10.3. The Hall–Kier alpha value is -0.630. The second kappa shape index (κ2) is 2.97. The zero-order valence-electron chi connectivity index (χ0n) is 6.29. The molecule has 0 aliphatic heterocycles. The van der Waals surface area contributed by atoms with E-state index in [1.807, 2.05) is 11.6 Å². The quantitative estimate of drug-likeness (QED) is 0.636. The molecular weight excluding hydrogens is 142 g/mol. The molecule has 0 unspecified atom stereocenters. The molecule has 0 radical (unpaired) electrons. The van der Waals surface area contributed by atoms with E-state index in [4.69, 9.17) is 0 Å². The summed E-state index contributed by atoms with van der Waals surface area (Å²) in [5.74, 6) is 0.570. The summed E-state index contributed by atoms with van der Waals surface area (Å²) >= 11 is 1.70. The van der Waals surface area contributed by atoms with E-state index in [2.05, 4.69) is 25.4 Å². The molecular formula is C8H11NS. The van der Waals surface area contributed by atoms with Crippen LogP contribution < -0.4 is 0 Å². The number of hydrogen-bond donors (Lipinski definition) is 0. The first-order chi connectivity index (χ1) is 4.75. The fourth-order valence-electron chi connectivity index (χ4n) is 0.849. The average Bonchev–Trinajstić information content (AvgIpc) is 2.33. The van der Waals surface area contributed by atoms with Crippen LogP contribution in [-0.4, -0.2) is 4.98 Å². The highest BCUT2D eigenvalue weighted by atomic mass is 32.1. The first kappa shape index (κ1) is 7.48. The molecule has 0 fully saturated rings. The van der Waals surface area contributed by atoms with Crippen molar-refractivity contribution >= 4 is 17.4 Å². The van der Waals surface area contributed by atoms with Gasteiger partial charge < -0.3 is 0 Å². The van der Waals surface area contributed by atoms with E-state index < -0.39 is 0 Å². The number of rotatable bonds is 2. The van der Waals surface area contributed by atoms with Crippen molar-refractivity contribution in [2.75, 3.05) is 0 Å². The fourth-order valence-corrected chi connectivity index (χ4v) is 1.66. The van der Waals surface area contributed by atoms with E-state index in [1.54, 1.807) is 11.3 Å². The van der Waals surface area contributed by atoms with Gasteiger partial charge in [-0.25, -0.2) is 4.98 Å². The lowest BCUT2D eigenvalue weighted by molar-refractivity contribution is 0.882. The Bertz CT molecular complexity index is 225. The average molecular weight is 153 g/mol. The highest BCUT2D eigenvalue weighted by Gasteiger charge is 2.05. The van der Waals surface area contributed by atoms with Crippen molar-refractivity contribution < 1.29 is 0 Å². The summed E-state index contributed by atoms with van der Waals surface area (Å²) in [4.78, 5) is 5.49. The zero-order valence-corrected chi connectivity index (χ0v) is 7.11. The third-order valence-electron chi connectivity index (χ3n) is 1.34. The molecule has 0 aliphatic carbocycles. The van der Waals surface area contributed by atoms with Crippen LogP contribution in [0.15, 0.2) is 12.1 Å². The van der Waals surface area contributed by atoms with Crippen LogP contribution in [0.25, 0.3) is 6.08 Å². The topological polar surface area (TPSA) is 12.9 Å². The van der Waals surface area contributed by atoms with Gasteiger partial charge in [-0.3, -0.25) is 0 Å². The van der Waals surface area contributed by atoms with Crippen molar-refractivity contribution in [3.05, 3.63) is 22.7 Å². The lowest BCUT2D eigenvalue weighted by Gasteiger charge is -1.99. The molecule has 1 aromatic heterocycles. The number of aromatic nitrogens is 1. The molecule has 0 saturated heterocycles. The Balaban J connectivity index is 3.01. The van der Waals surface area contributed by atoms with E-state index in [9.17, 15) is 0 Å². The van der Waals surface area contributed by atoms with Gasteiger partial charge in [-0.1, -0.05) is 20.4 Å². The van der Waals surface area contributed by atoms with Gasteiger partial charge in [0.25, 0.3) is 0 Å². The molecule has 2 heteroatoms. The van der Waals surface area contributed by atoms with E-state index in [0.717, 1.165) is 5.69 Å². The summed E-state index contributed by atoms with van der Waals surface area (Å²) in [6, 6.07) is 0. The number of hydrogen-bond acceptors (Lipinski definition) is 2. The fraction of sp³-hybridized carbons (Fsp3) is 0.375. The van der Waals surface area contributed by atoms with Crippen molar-refractivity contribution in [1.82, 2.24) is 4.98 Å². The SMILES string of the molecule is C=Cc1ncsc1C(C)C. The maximum Gasteiger partial charge on any atom is 0.0801 e. The van der Waals surface area contributed by atoms with Gasteiger partial charge in [0.15, 0.2) is 0 Å². The monoisotopic (exact) mass is 153 g/mol. The predicted octanol–water partition coefficient (Wildman–Crippen LogP) is 2.91. The maximum atomic E-state index is 4.16. The maximum absolute atomic E-state index is 4.16. The van der Waals surface area contributed by atoms with Crippen LogP contribution in [-0.2, 0) is 0 Å². The Morgan fingerprint density at radius 3 is 2.80 bits per heavy atom. The smallest absolute Gasteiger partial charge is 0.0801 e. The number of thiazole rings is 1. The summed E-state index contributed by atoms with van der Waals surface area (Å²) in [5.41, 5.74) is 2.91. The second-order valence-electron chi connectivity index (χ2n) is 2.46. The minimum absolute atomic E-state index is 0.570. The lowest BCUT2D eigenvalue weighted by Crippen LogP contribution is -1.84. The molecule has 0 aliphatic rings. The Morgan fingerprint density at radius 1 is 1.70 bits per heavy atom. The first-order valence-electron chi connectivity index (χ1n) is 3.31. The Kier molecular flexibility index (Phi) is 2.22. The van der Waals surface area contributed by atoms with Crippen LogP contribution >= 0.6 is 11.3 Å². The van der Waals surface area contributed by atoms with Crippen molar-refractivity contribution in [3.8, 4) is 0 Å². The van der Waals surface area contributed by atoms with Crippen LogP contribution in [0.2, 0.25) is 0 Å². The summed E-state index contributed by atoms with van der Waals surface area (Å²) in [7, 11) is 0. The first-order valence-corrected chi connectivity index (χ1v) is 4.19. The molecule has 0 spiro atoms. The van der Waals surface area contributed by atoms with Gasteiger partial charge in [-0.05, 0) is 12.0 Å². The van der Waals surface area contributed by atoms with Crippen LogP contribution in [0.4, 0.5) is 0 Å². The summed E-state index contributed by atoms with van der Waals surface area (Å²) < 4.78 is 0. The molecule has 54 valence electrons. The Labute approximate surface area is 65.4 Å². The summed E-state index contributed by atoms with van der Waals surface area (Å²) in [6.45, 7) is 8.02. The largest absolute Gasteiger partial charge is 0.245 e. The van der Waals surface area contributed by atoms with Crippen LogP contribution in [0.3, 0.4) is 0 Å². The van der Waals surface area contributed by atoms with E-state index in [1.165, 1.54) is 4.88 Å². The molecule has 0 saturated carbocycles. The molecule has 0 aromatic carbocycles. The molecule has 0 N–H and O–H groups in total. The summed E-state index contributed by atoms with van der Waals surface area (Å²) in [6.07, 6.45) is 1.81. The van der Waals surface area contributed by atoms with Crippen molar-refractivity contribution in [3.63, 3.8) is 0 Å². The van der Waals surface area contributed by atoms with Crippen LogP contribution in [0.1, 0.15) is 30.3 Å². The van der Waals surface area contributed by atoms with Gasteiger partial charge in [0.1, 0.15) is 0 Å². The van der Waals surface area contributed by atoms with Gasteiger partial charge in [0.05, 0.1) is 11.2 Å². The third-order valence-corrected chi connectivity index (χ3v) is 2.49. The van der Waals surface area contributed by atoms with Gasteiger partial charge in [0, 0.05) is 4.88 Å². The van der Waals surface area contributed by atoms with Gasteiger partial charge in [-0.2, -0.15) is 0 Å². The van der Waals surface area contributed by atoms with Crippen molar-refractivity contribution in [1.29, 1.82) is 0 Å². The molecule has 0 atom stereocenters. The van der Waals surface area contributed by atoms with E-state index >= 15 is 0 Å². The molecule has 1 aromatic rings. The Morgan fingerprint density at radius 2 is 2.40 bits per heavy atom. The molecule has 1 nitrogen and oxygen atoms in total. The van der Waals surface area contributed by atoms with E-state index in [-0.39, 0.29) is 0 Å². The zero-order chi connectivity index (χ0) is 7.56. The molecule has 0 amide bonds. The van der Waals surface area contributed by atoms with Gasteiger partial charge >= 0.3 is 0 Å². The van der Waals surface area contributed by atoms with Crippen molar-refractivity contribution in [2.45, 2.75) is 19.8 Å². The number of nitrogens with zero attached hydrogens (tertiary/aromatic N) is 1. The molecule has 1 heterocycles. The van der Waals surface area contributed by atoms with Crippen LogP contribution in [0.5, 0.6) is 0 Å². The van der Waals surface area contributed by atoms with Crippen molar-refractivity contribution in [2.24, 2.45) is 0 Å². The minimum Gasteiger partial charge on any atom is -0.245 e. The highest BCUT2D eigenvalue weighted by Crippen LogP contribution is 2.23. The molecule has 0 bridgehead atoms. The van der Waals surface area contributed by atoms with E-state index in [0.29, 0.717) is 5.92 Å². The lowest BCUT2D eigenvalue weighted by atomic mass is 10.1. The minimum atomic E-state index is 0.570. The van der Waals surface area contributed by atoms with Crippen LogP contribution in [0, 0.1) is 0 Å². The van der Waals surface area contributed by atoms with Gasteiger partial charge in [-0.15, -0.1) is 11.3 Å². The standard InChI is InChI=1S/C8H11NS/c1-4-7-8(6(2)3)10-5-9-7/h4-6H,1H2,2-3H3. The molecule has 10 heavy (non-hydrogen) atoms. The van der Waals surface area contributed by atoms with Gasteiger partial charge in [0.2, 0.25) is 0 Å². The third kappa shape index (κ3) is 1.27. The second-order valence-corrected chi connectivity index (χ2v) is 3.35.